The summed E-state index contributed by atoms with van der Waals surface area (Å²) in [6.45, 7) is 7.70. The number of nitrogens with one attached hydrogen (secondary N) is 1. The number of benzene rings is 1. The molecule has 0 saturated heterocycles. The van der Waals surface area contributed by atoms with Crippen LogP contribution in [0.5, 0.6) is 0 Å². The van der Waals surface area contributed by atoms with Crippen molar-refractivity contribution in [2.24, 2.45) is 0 Å². The zero-order valence-electron chi connectivity index (χ0n) is 12.3. The van der Waals surface area contributed by atoms with Crippen molar-refractivity contribution >= 4 is 11.6 Å². The molecule has 0 aliphatic carbocycles. The van der Waals surface area contributed by atoms with Gasteiger partial charge in [0.15, 0.2) is 0 Å². The standard InChI is InChI=1S/C16H19N3O/c1-5-13-8-6-7-10(2)15(13)19-16(20)14-9-17-12(4)18-11(14)3/h6-9H,5H2,1-4H3,(H,19,20). The number of aromatic nitrogens is 2. The number of nitrogens with zero attached hydrogens (tertiary/aromatic N) is 2. The number of anilines is 1. The second-order valence-electron chi connectivity index (χ2n) is 4.83. The van der Waals surface area contributed by atoms with Crippen molar-refractivity contribution in [3.05, 3.63) is 52.6 Å². The van der Waals surface area contributed by atoms with Gasteiger partial charge in [0, 0.05) is 11.9 Å². The molecule has 1 heterocycles. The highest BCUT2D eigenvalue weighted by Crippen LogP contribution is 2.22. The van der Waals surface area contributed by atoms with Crippen molar-refractivity contribution in [2.45, 2.75) is 34.1 Å². The fourth-order valence-electron chi connectivity index (χ4n) is 2.19. The van der Waals surface area contributed by atoms with Gasteiger partial charge < -0.3 is 5.32 Å². The van der Waals surface area contributed by atoms with Crippen LogP contribution in [0.2, 0.25) is 0 Å². The van der Waals surface area contributed by atoms with Gasteiger partial charge in [-0.3, -0.25) is 4.79 Å². The average Bonchev–Trinajstić information content (AvgIpc) is 2.40. The topological polar surface area (TPSA) is 54.9 Å². The van der Waals surface area contributed by atoms with Crippen LogP contribution in [0.3, 0.4) is 0 Å². The number of aryl methyl sites for hydroxylation is 4. The van der Waals surface area contributed by atoms with E-state index < -0.39 is 0 Å². The molecule has 104 valence electrons. The van der Waals surface area contributed by atoms with Gasteiger partial charge in [0.2, 0.25) is 0 Å². The van der Waals surface area contributed by atoms with Crippen LogP contribution < -0.4 is 5.32 Å². The van der Waals surface area contributed by atoms with Gasteiger partial charge in [0.25, 0.3) is 5.91 Å². The zero-order chi connectivity index (χ0) is 14.7. The number of hydrogen-bond acceptors (Lipinski definition) is 3. The summed E-state index contributed by atoms with van der Waals surface area (Å²) < 4.78 is 0. The molecule has 4 heteroatoms. The number of rotatable bonds is 3. The first-order valence-electron chi connectivity index (χ1n) is 6.73. The van der Waals surface area contributed by atoms with Crippen LogP contribution in [0.25, 0.3) is 0 Å². The third-order valence-corrected chi connectivity index (χ3v) is 3.32. The Morgan fingerprint density at radius 3 is 2.65 bits per heavy atom. The summed E-state index contributed by atoms with van der Waals surface area (Å²) in [6, 6.07) is 6.03. The normalized spacial score (nSPS) is 10.4. The summed E-state index contributed by atoms with van der Waals surface area (Å²) in [4.78, 5) is 20.7. The van der Waals surface area contributed by atoms with Crippen molar-refractivity contribution in [3.8, 4) is 0 Å². The fraction of sp³-hybridized carbons (Fsp3) is 0.312. The van der Waals surface area contributed by atoms with Gasteiger partial charge in [0.1, 0.15) is 5.82 Å². The first-order valence-corrected chi connectivity index (χ1v) is 6.73. The lowest BCUT2D eigenvalue weighted by Gasteiger charge is -2.13. The first kappa shape index (κ1) is 14.2. The van der Waals surface area contributed by atoms with E-state index in [2.05, 4.69) is 22.2 Å². The fourth-order valence-corrected chi connectivity index (χ4v) is 2.19. The summed E-state index contributed by atoms with van der Waals surface area (Å²) >= 11 is 0. The van der Waals surface area contributed by atoms with Crippen LogP contribution in [0.15, 0.2) is 24.4 Å². The highest BCUT2D eigenvalue weighted by molar-refractivity contribution is 6.05. The first-order chi connectivity index (χ1) is 9.52. The van der Waals surface area contributed by atoms with E-state index in [4.69, 9.17) is 0 Å². The van der Waals surface area contributed by atoms with E-state index in [0.717, 1.165) is 23.2 Å². The van der Waals surface area contributed by atoms with E-state index in [0.29, 0.717) is 17.1 Å². The molecule has 1 amide bonds. The summed E-state index contributed by atoms with van der Waals surface area (Å²) in [5.41, 5.74) is 4.29. The van der Waals surface area contributed by atoms with Gasteiger partial charge in [-0.25, -0.2) is 9.97 Å². The van der Waals surface area contributed by atoms with E-state index >= 15 is 0 Å². The Balaban J connectivity index is 2.33. The molecular weight excluding hydrogens is 250 g/mol. The number of para-hydroxylation sites is 1. The Hall–Kier alpha value is -2.23. The maximum Gasteiger partial charge on any atom is 0.259 e. The number of amides is 1. The number of hydrogen-bond donors (Lipinski definition) is 1. The van der Waals surface area contributed by atoms with E-state index in [1.54, 1.807) is 6.20 Å². The van der Waals surface area contributed by atoms with Gasteiger partial charge >= 0.3 is 0 Å². The number of carbonyl (C=O) groups is 1. The Labute approximate surface area is 119 Å². The molecule has 0 aliphatic rings. The van der Waals surface area contributed by atoms with Gasteiger partial charge in [0.05, 0.1) is 11.3 Å². The summed E-state index contributed by atoms with van der Waals surface area (Å²) in [5, 5.41) is 2.99. The van der Waals surface area contributed by atoms with Crippen molar-refractivity contribution in [2.75, 3.05) is 5.32 Å². The minimum Gasteiger partial charge on any atom is -0.321 e. The molecule has 0 spiro atoms. The second kappa shape index (κ2) is 5.82. The molecule has 0 bridgehead atoms. The van der Waals surface area contributed by atoms with Crippen LogP contribution in [-0.2, 0) is 6.42 Å². The quantitative estimate of drug-likeness (QED) is 0.930. The minimum atomic E-state index is -0.161. The van der Waals surface area contributed by atoms with Gasteiger partial charge in [-0.05, 0) is 38.3 Å². The van der Waals surface area contributed by atoms with E-state index in [9.17, 15) is 4.79 Å². The van der Waals surface area contributed by atoms with Crippen LogP contribution in [0, 0.1) is 20.8 Å². The monoisotopic (exact) mass is 269 g/mol. The largest absolute Gasteiger partial charge is 0.321 e. The smallest absolute Gasteiger partial charge is 0.259 e. The Morgan fingerprint density at radius 2 is 2.00 bits per heavy atom. The van der Waals surface area contributed by atoms with Crippen molar-refractivity contribution in [1.82, 2.24) is 9.97 Å². The molecule has 1 N–H and O–H groups in total. The van der Waals surface area contributed by atoms with Crippen LogP contribution in [-0.4, -0.2) is 15.9 Å². The molecule has 1 aromatic heterocycles. The molecule has 2 rings (SSSR count). The van der Waals surface area contributed by atoms with E-state index in [1.165, 1.54) is 0 Å². The number of carbonyl (C=O) groups excluding carboxylic acids is 1. The predicted molar refractivity (Wildman–Crippen MR) is 80.0 cm³/mol. The molecule has 4 nitrogen and oxygen atoms in total. The molecule has 0 atom stereocenters. The lowest BCUT2D eigenvalue weighted by Crippen LogP contribution is -2.17. The minimum absolute atomic E-state index is 0.161. The molecule has 20 heavy (non-hydrogen) atoms. The second-order valence-corrected chi connectivity index (χ2v) is 4.83. The van der Waals surface area contributed by atoms with E-state index in [1.807, 2.05) is 39.0 Å². The highest BCUT2D eigenvalue weighted by Gasteiger charge is 2.13. The lowest BCUT2D eigenvalue weighted by molar-refractivity contribution is 0.102. The molecule has 0 aliphatic heterocycles. The highest BCUT2D eigenvalue weighted by atomic mass is 16.1. The molecule has 0 fully saturated rings. The SMILES string of the molecule is CCc1cccc(C)c1NC(=O)c1cnc(C)nc1C. The Morgan fingerprint density at radius 1 is 1.25 bits per heavy atom. The summed E-state index contributed by atoms with van der Waals surface area (Å²) in [7, 11) is 0. The average molecular weight is 269 g/mol. The maximum absolute atomic E-state index is 12.4. The Bertz CT molecular complexity index is 650. The van der Waals surface area contributed by atoms with Crippen LogP contribution in [0.4, 0.5) is 5.69 Å². The van der Waals surface area contributed by atoms with Crippen molar-refractivity contribution in [3.63, 3.8) is 0 Å². The maximum atomic E-state index is 12.4. The molecule has 0 saturated carbocycles. The predicted octanol–water partition coefficient (Wildman–Crippen LogP) is 3.22. The zero-order valence-corrected chi connectivity index (χ0v) is 12.3. The summed E-state index contributed by atoms with van der Waals surface area (Å²) in [5.74, 6) is 0.510. The molecular formula is C16H19N3O. The summed E-state index contributed by atoms with van der Waals surface area (Å²) in [6.07, 6.45) is 2.46. The molecule has 1 aromatic carbocycles. The molecule has 0 unspecified atom stereocenters. The van der Waals surface area contributed by atoms with Gasteiger partial charge in [-0.15, -0.1) is 0 Å². The third-order valence-electron chi connectivity index (χ3n) is 3.32. The van der Waals surface area contributed by atoms with Crippen LogP contribution in [0.1, 0.15) is 39.9 Å². The van der Waals surface area contributed by atoms with E-state index in [-0.39, 0.29) is 5.91 Å². The Kier molecular flexibility index (Phi) is 4.13. The van der Waals surface area contributed by atoms with Gasteiger partial charge in [-0.2, -0.15) is 0 Å². The van der Waals surface area contributed by atoms with Crippen LogP contribution >= 0.6 is 0 Å². The molecule has 0 radical (unpaired) electrons. The van der Waals surface area contributed by atoms with Gasteiger partial charge in [-0.1, -0.05) is 25.1 Å². The van der Waals surface area contributed by atoms with Crippen molar-refractivity contribution in [1.29, 1.82) is 0 Å². The molecule has 2 aromatic rings. The lowest BCUT2D eigenvalue weighted by atomic mass is 10.1. The third kappa shape index (κ3) is 2.85. The van der Waals surface area contributed by atoms with Crippen molar-refractivity contribution < 1.29 is 4.79 Å².